The van der Waals surface area contributed by atoms with E-state index < -0.39 is 0 Å². The first-order chi connectivity index (χ1) is 15.7. The van der Waals surface area contributed by atoms with Crippen molar-refractivity contribution in [2.75, 3.05) is 33.4 Å². The van der Waals surface area contributed by atoms with E-state index in [1.165, 1.54) is 5.56 Å². The van der Waals surface area contributed by atoms with Gasteiger partial charge in [-0.2, -0.15) is 0 Å². The fourth-order valence-electron chi connectivity index (χ4n) is 3.73. The van der Waals surface area contributed by atoms with Crippen LogP contribution in [0.1, 0.15) is 28.2 Å². The van der Waals surface area contributed by atoms with Crippen molar-refractivity contribution < 1.29 is 18.7 Å². The average Bonchev–Trinajstić information content (AvgIpc) is 3.18. The summed E-state index contributed by atoms with van der Waals surface area (Å²) in [6.07, 6.45) is 0.926. The van der Waals surface area contributed by atoms with Crippen LogP contribution in [0, 0.1) is 0 Å². The summed E-state index contributed by atoms with van der Waals surface area (Å²) >= 11 is 0. The first-order valence-electron chi connectivity index (χ1n) is 10.8. The Morgan fingerprint density at radius 3 is 2.91 bits per heavy atom. The van der Waals surface area contributed by atoms with Crippen LogP contribution in [0.25, 0.3) is 11.5 Å². The molecule has 1 amide bonds. The van der Waals surface area contributed by atoms with Crippen molar-refractivity contribution in [3.8, 4) is 11.5 Å². The standard InChI is InChI=1S/C24H28N4O4/c1-30-17-22-26-27-24(32-22)20-10-5-9-19(13-20)23(29)25-14-21-16-28(11-6-12-31-21)15-18-7-3-2-4-8-18/h2-5,7-10,13,21H,6,11-12,14-17H2,1H3,(H,25,29)/t21-/m1/s1. The predicted molar refractivity (Wildman–Crippen MR) is 119 cm³/mol. The van der Waals surface area contributed by atoms with Crippen LogP contribution in [0.2, 0.25) is 0 Å². The number of nitrogens with zero attached hydrogens (tertiary/aromatic N) is 3. The van der Waals surface area contributed by atoms with E-state index in [2.05, 4.69) is 44.7 Å². The van der Waals surface area contributed by atoms with Crippen LogP contribution in [0.4, 0.5) is 0 Å². The monoisotopic (exact) mass is 436 g/mol. The van der Waals surface area contributed by atoms with Crippen LogP contribution < -0.4 is 5.32 Å². The van der Waals surface area contributed by atoms with Crippen molar-refractivity contribution in [1.29, 1.82) is 0 Å². The van der Waals surface area contributed by atoms with Crippen LogP contribution in [0.5, 0.6) is 0 Å². The summed E-state index contributed by atoms with van der Waals surface area (Å²) in [6.45, 7) is 4.03. The summed E-state index contributed by atoms with van der Waals surface area (Å²) in [7, 11) is 1.56. The minimum atomic E-state index is -0.161. The maximum Gasteiger partial charge on any atom is 0.251 e. The summed E-state index contributed by atoms with van der Waals surface area (Å²) < 4.78 is 16.5. The lowest BCUT2D eigenvalue weighted by molar-refractivity contribution is 0.0510. The van der Waals surface area contributed by atoms with Gasteiger partial charge in [-0.05, 0) is 30.2 Å². The van der Waals surface area contributed by atoms with Crippen molar-refractivity contribution in [3.05, 3.63) is 71.6 Å². The summed E-state index contributed by atoms with van der Waals surface area (Å²) in [6, 6.07) is 17.6. The molecule has 1 aliphatic heterocycles. The Bertz CT molecular complexity index is 1010. The molecule has 0 saturated carbocycles. The van der Waals surface area contributed by atoms with Crippen LogP contribution in [0.15, 0.2) is 59.0 Å². The van der Waals surface area contributed by atoms with Crippen LogP contribution in [-0.2, 0) is 22.6 Å². The van der Waals surface area contributed by atoms with E-state index in [0.717, 1.165) is 26.1 Å². The normalized spacial score (nSPS) is 17.1. The number of amides is 1. The molecule has 8 nitrogen and oxygen atoms in total. The lowest BCUT2D eigenvalue weighted by Gasteiger charge is -2.24. The molecule has 0 bridgehead atoms. The van der Waals surface area contributed by atoms with Gasteiger partial charge in [0.1, 0.15) is 6.61 Å². The number of methoxy groups -OCH3 is 1. The number of carbonyl (C=O) groups excluding carboxylic acids is 1. The van der Waals surface area contributed by atoms with Crippen LogP contribution >= 0.6 is 0 Å². The number of hydrogen-bond acceptors (Lipinski definition) is 7. The fraction of sp³-hybridized carbons (Fsp3) is 0.375. The highest BCUT2D eigenvalue weighted by molar-refractivity contribution is 5.95. The second-order valence-electron chi connectivity index (χ2n) is 7.79. The lowest BCUT2D eigenvalue weighted by Crippen LogP contribution is -2.40. The number of ether oxygens (including phenoxy) is 2. The summed E-state index contributed by atoms with van der Waals surface area (Å²) in [5.74, 6) is 0.587. The zero-order valence-corrected chi connectivity index (χ0v) is 18.2. The first kappa shape index (κ1) is 22.1. The van der Waals surface area contributed by atoms with Crippen LogP contribution in [-0.4, -0.2) is 60.5 Å². The largest absolute Gasteiger partial charge is 0.418 e. The molecule has 168 valence electrons. The minimum Gasteiger partial charge on any atom is -0.418 e. The maximum atomic E-state index is 12.8. The molecule has 32 heavy (non-hydrogen) atoms. The van der Waals surface area contributed by atoms with Crippen LogP contribution in [0.3, 0.4) is 0 Å². The minimum absolute atomic E-state index is 0.0547. The molecule has 2 aromatic carbocycles. The van der Waals surface area contributed by atoms with E-state index >= 15 is 0 Å². The highest BCUT2D eigenvalue weighted by atomic mass is 16.5. The summed E-state index contributed by atoms with van der Waals surface area (Å²) in [5, 5.41) is 11.0. The molecule has 8 heteroatoms. The van der Waals surface area contributed by atoms with Gasteiger partial charge in [0.2, 0.25) is 11.8 Å². The number of benzene rings is 2. The Morgan fingerprint density at radius 1 is 1.19 bits per heavy atom. The molecule has 4 rings (SSSR count). The molecular weight excluding hydrogens is 408 g/mol. The summed E-state index contributed by atoms with van der Waals surface area (Å²) in [5.41, 5.74) is 2.50. The second-order valence-corrected chi connectivity index (χ2v) is 7.79. The number of nitrogens with one attached hydrogen (secondary N) is 1. The van der Waals surface area contributed by atoms with Gasteiger partial charge in [0.25, 0.3) is 5.91 Å². The van der Waals surface area contributed by atoms with E-state index in [1.54, 1.807) is 25.3 Å². The predicted octanol–water partition coefficient (Wildman–Crippen LogP) is 2.90. The topological polar surface area (TPSA) is 89.7 Å². The average molecular weight is 437 g/mol. The molecule has 1 atom stereocenters. The van der Waals surface area contributed by atoms with E-state index in [0.29, 0.717) is 36.1 Å². The van der Waals surface area contributed by atoms with Gasteiger partial charge < -0.3 is 19.2 Å². The molecule has 1 aliphatic rings. The number of aromatic nitrogens is 2. The third-order valence-electron chi connectivity index (χ3n) is 5.28. The van der Waals surface area contributed by atoms with Gasteiger partial charge in [-0.1, -0.05) is 36.4 Å². The van der Waals surface area contributed by atoms with Gasteiger partial charge in [-0.25, -0.2) is 0 Å². The van der Waals surface area contributed by atoms with E-state index in [1.807, 2.05) is 12.1 Å². The van der Waals surface area contributed by atoms with Crippen molar-refractivity contribution in [3.63, 3.8) is 0 Å². The molecule has 1 fully saturated rings. The molecule has 1 saturated heterocycles. The molecular formula is C24H28N4O4. The van der Waals surface area contributed by atoms with Gasteiger partial charge in [-0.3, -0.25) is 9.69 Å². The molecule has 0 unspecified atom stereocenters. The fourth-order valence-corrected chi connectivity index (χ4v) is 3.73. The number of carbonyl (C=O) groups is 1. The van der Waals surface area contributed by atoms with E-state index in [-0.39, 0.29) is 18.6 Å². The van der Waals surface area contributed by atoms with Gasteiger partial charge in [0.05, 0.1) is 6.10 Å². The molecule has 1 N–H and O–H groups in total. The van der Waals surface area contributed by atoms with E-state index in [4.69, 9.17) is 13.9 Å². The zero-order valence-electron chi connectivity index (χ0n) is 18.2. The third-order valence-corrected chi connectivity index (χ3v) is 5.28. The molecule has 0 aliphatic carbocycles. The maximum absolute atomic E-state index is 12.8. The highest BCUT2D eigenvalue weighted by Crippen LogP contribution is 2.19. The van der Waals surface area contributed by atoms with Crippen molar-refractivity contribution in [2.24, 2.45) is 0 Å². The third kappa shape index (κ3) is 6.00. The van der Waals surface area contributed by atoms with E-state index in [9.17, 15) is 4.79 Å². The molecule has 1 aromatic heterocycles. The van der Waals surface area contributed by atoms with Crippen molar-refractivity contribution in [1.82, 2.24) is 20.4 Å². The Balaban J connectivity index is 1.34. The second kappa shape index (κ2) is 11.0. The summed E-state index contributed by atoms with van der Waals surface area (Å²) in [4.78, 5) is 15.2. The molecule has 3 aromatic rings. The Labute approximate surface area is 187 Å². The smallest absolute Gasteiger partial charge is 0.251 e. The Hall–Kier alpha value is -3.07. The highest BCUT2D eigenvalue weighted by Gasteiger charge is 2.20. The van der Waals surface area contributed by atoms with Gasteiger partial charge in [-0.15, -0.1) is 10.2 Å². The SMILES string of the molecule is COCc1nnc(-c2cccc(C(=O)NC[C@@H]3CN(Cc4ccccc4)CCCO3)c2)o1. The van der Waals surface area contributed by atoms with Gasteiger partial charge >= 0.3 is 0 Å². The van der Waals surface area contributed by atoms with Crippen molar-refractivity contribution >= 4 is 5.91 Å². The number of hydrogen-bond donors (Lipinski definition) is 1. The first-order valence-corrected chi connectivity index (χ1v) is 10.8. The molecule has 0 radical (unpaired) electrons. The zero-order chi connectivity index (χ0) is 22.2. The molecule has 2 heterocycles. The lowest BCUT2D eigenvalue weighted by atomic mass is 10.1. The Kier molecular flexibility index (Phi) is 7.60. The Morgan fingerprint density at radius 2 is 2.06 bits per heavy atom. The van der Waals surface area contributed by atoms with Gasteiger partial charge in [0.15, 0.2) is 0 Å². The molecule has 0 spiro atoms. The number of rotatable bonds is 8. The van der Waals surface area contributed by atoms with Crippen molar-refractivity contribution in [2.45, 2.75) is 25.7 Å². The van der Waals surface area contributed by atoms with Gasteiger partial charge in [0, 0.05) is 51.0 Å². The quantitative estimate of drug-likeness (QED) is 0.581.